The minimum Gasteiger partial charge on any atom is -0.325 e. The second-order valence-corrected chi connectivity index (χ2v) is 7.39. The first-order chi connectivity index (χ1) is 13.9. The fourth-order valence-corrected chi connectivity index (χ4v) is 3.83. The van der Waals surface area contributed by atoms with Crippen molar-refractivity contribution in [2.75, 3.05) is 11.1 Å². The summed E-state index contributed by atoms with van der Waals surface area (Å²) >= 11 is 0.929. The number of fused-ring (bicyclic) bond motifs is 2. The zero-order valence-corrected chi connectivity index (χ0v) is 15.7. The summed E-state index contributed by atoms with van der Waals surface area (Å²) < 4.78 is 26.6. The van der Waals surface area contributed by atoms with Crippen molar-refractivity contribution in [2.24, 2.45) is 0 Å². The Labute approximate surface area is 168 Å². The molecule has 0 atom stereocenters. The molecule has 0 spiro atoms. The van der Waals surface area contributed by atoms with Crippen LogP contribution in [-0.2, 0) is 4.79 Å². The van der Waals surface area contributed by atoms with Crippen LogP contribution in [0.4, 0.5) is 14.5 Å². The fraction of sp³-hybridized carbons (Fsp3) is 0.0455. The van der Waals surface area contributed by atoms with Crippen LogP contribution in [0.5, 0.6) is 0 Å². The van der Waals surface area contributed by atoms with E-state index in [2.05, 4.69) is 5.32 Å². The highest BCUT2D eigenvalue weighted by molar-refractivity contribution is 8.00. The van der Waals surface area contributed by atoms with Gasteiger partial charge in [-0.05, 0) is 30.3 Å². The van der Waals surface area contributed by atoms with E-state index in [1.807, 2.05) is 0 Å². The lowest BCUT2D eigenvalue weighted by Crippen LogP contribution is -2.21. The van der Waals surface area contributed by atoms with Crippen LogP contribution < -0.4 is 5.32 Å². The van der Waals surface area contributed by atoms with Crippen molar-refractivity contribution in [3.05, 3.63) is 94.6 Å². The molecule has 0 unspecified atom stereocenters. The predicted molar refractivity (Wildman–Crippen MR) is 105 cm³/mol. The summed E-state index contributed by atoms with van der Waals surface area (Å²) in [5.41, 5.74) is 1.56. The van der Waals surface area contributed by atoms with E-state index >= 15 is 0 Å². The largest absolute Gasteiger partial charge is 0.325 e. The van der Waals surface area contributed by atoms with Crippen molar-refractivity contribution in [1.82, 2.24) is 0 Å². The lowest BCUT2D eigenvalue weighted by Gasteiger charge is -2.18. The van der Waals surface area contributed by atoms with Gasteiger partial charge in [0.2, 0.25) is 5.91 Å². The summed E-state index contributed by atoms with van der Waals surface area (Å²) in [7, 11) is 0. The second-order valence-electron chi connectivity index (χ2n) is 6.38. The molecule has 1 aliphatic carbocycles. The van der Waals surface area contributed by atoms with Crippen molar-refractivity contribution in [3.8, 4) is 0 Å². The SMILES string of the molecule is O=C(CSc1ccc(F)cc1F)Nc1ccc2c(c1)C(=O)c1ccccc1C2=O. The normalized spacial score (nSPS) is 12.3. The molecule has 1 aliphatic rings. The quantitative estimate of drug-likeness (QED) is 0.505. The van der Waals surface area contributed by atoms with Gasteiger partial charge < -0.3 is 5.32 Å². The van der Waals surface area contributed by atoms with Crippen LogP contribution in [-0.4, -0.2) is 23.2 Å². The van der Waals surface area contributed by atoms with E-state index < -0.39 is 17.5 Å². The molecular formula is C22H13F2NO3S. The fourth-order valence-electron chi connectivity index (χ4n) is 3.11. The Balaban J connectivity index is 1.50. The monoisotopic (exact) mass is 409 g/mol. The van der Waals surface area contributed by atoms with Crippen LogP contribution >= 0.6 is 11.8 Å². The van der Waals surface area contributed by atoms with Crippen LogP contribution in [0.2, 0.25) is 0 Å². The Hall–Kier alpha value is -3.32. The van der Waals surface area contributed by atoms with Gasteiger partial charge in [-0.3, -0.25) is 14.4 Å². The number of hydrogen-bond donors (Lipinski definition) is 1. The van der Waals surface area contributed by atoms with Crippen LogP contribution in [0.1, 0.15) is 31.8 Å². The van der Waals surface area contributed by atoms with Gasteiger partial charge in [0.1, 0.15) is 11.6 Å². The van der Waals surface area contributed by atoms with Gasteiger partial charge >= 0.3 is 0 Å². The van der Waals surface area contributed by atoms with Crippen molar-refractivity contribution >= 4 is 34.9 Å². The molecule has 1 amide bonds. The number of carbonyl (C=O) groups is 3. The third kappa shape index (κ3) is 3.69. The van der Waals surface area contributed by atoms with E-state index in [0.29, 0.717) is 16.8 Å². The molecule has 0 saturated carbocycles. The number of hydrogen-bond acceptors (Lipinski definition) is 4. The lowest BCUT2D eigenvalue weighted by atomic mass is 9.84. The maximum absolute atomic E-state index is 13.7. The van der Waals surface area contributed by atoms with E-state index in [-0.39, 0.29) is 33.3 Å². The summed E-state index contributed by atoms with van der Waals surface area (Å²) in [6.07, 6.45) is 0. The molecule has 4 rings (SSSR count). The van der Waals surface area contributed by atoms with Gasteiger partial charge in [-0.1, -0.05) is 24.3 Å². The number of thioether (sulfide) groups is 1. The maximum atomic E-state index is 13.7. The number of amides is 1. The molecular weight excluding hydrogens is 396 g/mol. The summed E-state index contributed by atoms with van der Waals surface area (Å²) in [4.78, 5) is 37.7. The van der Waals surface area contributed by atoms with Crippen molar-refractivity contribution in [3.63, 3.8) is 0 Å². The standard InChI is InChI=1S/C22H13F2NO3S/c23-12-5-8-19(18(24)9-12)29-11-20(26)25-13-6-7-16-17(10-13)22(28)15-4-2-1-3-14(15)21(16)27/h1-10H,11H2,(H,25,26). The molecule has 0 heterocycles. The summed E-state index contributed by atoms with van der Waals surface area (Å²) in [5, 5.41) is 2.63. The number of halogens is 2. The highest BCUT2D eigenvalue weighted by Gasteiger charge is 2.29. The molecule has 0 aliphatic heterocycles. The Morgan fingerprint density at radius 3 is 2.17 bits per heavy atom. The van der Waals surface area contributed by atoms with E-state index in [1.165, 1.54) is 18.2 Å². The lowest BCUT2D eigenvalue weighted by molar-refractivity contribution is -0.113. The predicted octanol–water partition coefficient (Wildman–Crippen LogP) is 4.47. The summed E-state index contributed by atoms with van der Waals surface area (Å²) in [6, 6.07) is 14.2. The second kappa shape index (κ2) is 7.60. The molecule has 144 valence electrons. The Morgan fingerprint density at radius 1 is 0.828 bits per heavy atom. The zero-order valence-electron chi connectivity index (χ0n) is 14.9. The molecule has 0 radical (unpaired) electrons. The van der Waals surface area contributed by atoms with Gasteiger partial charge in [0.15, 0.2) is 11.6 Å². The molecule has 0 aromatic heterocycles. The van der Waals surface area contributed by atoms with Crippen molar-refractivity contribution in [2.45, 2.75) is 4.90 Å². The molecule has 3 aromatic rings. The molecule has 0 saturated heterocycles. The first-order valence-electron chi connectivity index (χ1n) is 8.64. The maximum Gasteiger partial charge on any atom is 0.234 e. The first-order valence-corrected chi connectivity index (χ1v) is 9.63. The number of benzene rings is 3. The number of ketones is 2. The van der Waals surface area contributed by atoms with Gasteiger partial charge in [0.05, 0.1) is 5.75 Å². The molecule has 1 N–H and O–H groups in total. The van der Waals surface area contributed by atoms with E-state index in [4.69, 9.17) is 0 Å². The van der Waals surface area contributed by atoms with Gasteiger partial charge in [0, 0.05) is 38.9 Å². The van der Waals surface area contributed by atoms with Crippen LogP contribution in [0.25, 0.3) is 0 Å². The molecule has 3 aromatic carbocycles. The van der Waals surface area contributed by atoms with Crippen molar-refractivity contribution < 1.29 is 23.2 Å². The summed E-state index contributed by atoms with van der Waals surface area (Å²) in [6.45, 7) is 0. The minimum atomic E-state index is -0.737. The topological polar surface area (TPSA) is 63.2 Å². The number of anilines is 1. The molecule has 4 nitrogen and oxygen atoms in total. The van der Waals surface area contributed by atoms with E-state index in [9.17, 15) is 23.2 Å². The molecule has 7 heteroatoms. The van der Waals surface area contributed by atoms with Crippen LogP contribution in [0.3, 0.4) is 0 Å². The zero-order chi connectivity index (χ0) is 20.5. The van der Waals surface area contributed by atoms with Crippen LogP contribution in [0, 0.1) is 11.6 Å². The molecule has 0 fully saturated rings. The number of carbonyl (C=O) groups excluding carboxylic acids is 3. The Kier molecular flexibility index (Phi) is 4.98. The molecule has 29 heavy (non-hydrogen) atoms. The van der Waals surface area contributed by atoms with Gasteiger partial charge in [0.25, 0.3) is 0 Å². The Bertz CT molecular complexity index is 1180. The Morgan fingerprint density at radius 2 is 1.48 bits per heavy atom. The van der Waals surface area contributed by atoms with Crippen LogP contribution in [0.15, 0.2) is 65.6 Å². The summed E-state index contributed by atoms with van der Waals surface area (Å²) in [5.74, 6) is -2.47. The van der Waals surface area contributed by atoms with E-state index in [1.54, 1.807) is 30.3 Å². The number of nitrogens with one attached hydrogen (secondary N) is 1. The molecule has 0 bridgehead atoms. The number of rotatable bonds is 4. The van der Waals surface area contributed by atoms with Gasteiger partial charge in [-0.2, -0.15) is 0 Å². The first kappa shape index (κ1) is 19.0. The van der Waals surface area contributed by atoms with Crippen molar-refractivity contribution in [1.29, 1.82) is 0 Å². The minimum absolute atomic E-state index is 0.102. The average molecular weight is 409 g/mol. The van der Waals surface area contributed by atoms with Gasteiger partial charge in [-0.15, -0.1) is 11.8 Å². The smallest absolute Gasteiger partial charge is 0.234 e. The van der Waals surface area contributed by atoms with E-state index in [0.717, 1.165) is 23.9 Å². The van der Waals surface area contributed by atoms with Gasteiger partial charge in [-0.25, -0.2) is 8.78 Å². The third-order valence-corrected chi connectivity index (χ3v) is 5.51. The highest BCUT2D eigenvalue weighted by atomic mass is 32.2. The highest BCUT2D eigenvalue weighted by Crippen LogP contribution is 2.29. The average Bonchev–Trinajstić information content (AvgIpc) is 2.71. The third-order valence-electron chi connectivity index (χ3n) is 4.46.